The van der Waals surface area contributed by atoms with Crippen LogP contribution in [0.25, 0.3) is 0 Å². The van der Waals surface area contributed by atoms with Crippen LogP contribution in [0.3, 0.4) is 0 Å². The standard InChI is InChI=1S/C30H46N4O/c1-3-32(2)20-21-33-22-24-34(25-23-33)29(35)30(26-31,18-10-16-27-12-6-4-7-13-27)19-11-17-28-14-8-5-9-15-28/h4-9,12-15H,3,10-11,16-26,31H2,1-2H3. The predicted octanol–water partition coefficient (Wildman–Crippen LogP) is 4.07. The van der Waals surface area contributed by atoms with E-state index in [1.807, 2.05) is 0 Å². The van der Waals surface area contributed by atoms with Gasteiger partial charge in [-0.05, 0) is 63.2 Å². The maximum Gasteiger partial charge on any atom is 0.230 e. The van der Waals surface area contributed by atoms with E-state index in [9.17, 15) is 4.79 Å². The summed E-state index contributed by atoms with van der Waals surface area (Å²) in [6.45, 7) is 9.38. The number of carbonyl (C=O) groups is 1. The Kier molecular flexibility index (Phi) is 11.2. The summed E-state index contributed by atoms with van der Waals surface area (Å²) in [5.74, 6) is 0.284. The van der Waals surface area contributed by atoms with Crippen LogP contribution in [0.4, 0.5) is 0 Å². The highest BCUT2D eigenvalue weighted by Crippen LogP contribution is 2.33. The molecule has 1 aliphatic rings. The number of nitrogens with two attached hydrogens (primary N) is 1. The summed E-state index contributed by atoms with van der Waals surface area (Å²) in [5.41, 5.74) is 8.64. The summed E-state index contributed by atoms with van der Waals surface area (Å²) in [6.07, 6.45) is 5.67. The molecule has 0 unspecified atom stereocenters. The number of hydrogen-bond donors (Lipinski definition) is 1. The van der Waals surface area contributed by atoms with Crippen LogP contribution in [0.5, 0.6) is 0 Å². The smallest absolute Gasteiger partial charge is 0.230 e. The van der Waals surface area contributed by atoms with E-state index in [-0.39, 0.29) is 5.91 Å². The highest BCUT2D eigenvalue weighted by atomic mass is 16.2. The minimum absolute atomic E-state index is 0.284. The van der Waals surface area contributed by atoms with Gasteiger partial charge in [0.1, 0.15) is 0 Å². The fourth-order valence-electron chi connectivity index (χ4n) is 5.16. The molecule has 5 heteroatoms. The molecule has 2 aromatic carbocycles. The van der Waals surface area contributed by atoms with E-state index >= 15 is 0 Å². The number of nitrogens with zero attached hydrogens (tertiary/aromatic N) is 3. The number of aryl methyl sites for hydroxylation is 2. The van der Waals surface area contributed by atoms with Crippen molar-refractivity contribution in [1.29, 1.82) is 0 Å². The van der Waals surface area contributed by atoms with E-state index in [0.717, 1.165) is 84.3 Å². The first-order chi connectivity index (χ1) is 17.1. The molecule has 35 heavy (non-hydrogen) atoms. The zero-order valence-corrected chi connectivity index (χ0v) is 22.0. The van der Waals surface area contributed by atoms with E-state index in [2.05, 4.69) is 89.3 Å². The molecule has 192 valence electrons. The molecule has 0 radical (unpaired) electrons. The average molecular weight is 479 g/mol. The van der Waals surface area contributed by atoms with Gasteiger partial charge in [0.15, 0.2) is 0 Å². The third kappa shape index (κ3) is 8.45. The van der Waals surface area contributed by atoms with E-state index in [0.29, 0.717) is 6.54 Å². The van der Waals surface area contributed by atoms with Crippen molar-refractivity contribution in [1.82, 2.24) is 14.7 Å². The maximum absolute atomic E-state index is 14.0. The Hall–Kier alpha value is -2.21. The quantitative estimate of drug-likeness (QED) is 0.445. The molecule has 0 aliphatic carbocycles. The Bertz CT molecular complexity index is 804. The van der Waals surface area contributed by atoms with Crippen molar-refractivity contribution in [2.45, 2.75) is 45.4 Å². The van der Waals surface area contributed by atoms with Crippen LogP contribution in [-0.4, -0.2) is 80.0 Å². The van der Waals surface area contributed by atoms with Gasteiger partial charge in [0.05, 0.1) is 5.41 Å². The van der Waals surface area contributed by atoms with Gasteiger partial charge in [0.25, 0.3) is 0 Å². The number of hydrogen-bond acceptors (Lipinski definition) is 4. The second-order valence-corrected chi connectivity index (χ2v) is 10.2. The number of carbonyl (C=O) groups excluding carboxylic acids is 1. The summed E-state index contributed by atoms with van der Waals surface area (Å²) < 4.78 is 0. The van der Waals surface area contributed by atoms with Gasteiger partial charge < -0.3 is 15.5 Å². The highest BCUT2D eigenvalue weighted by Gasteiger charge is 2.40. The summed E-state index contributed by atoms with van der Waals surface area (Å²) in [4.78, 5) is 20.9. The van der Waals surface area contributed by atoms with E-state index in [1.165, 1.54) is 11.1 Å². The first kappa shape index (κ1) is 27.4. The van der Waals surface area contributed by atoms with Gasteiger partial charge in [-0.15, -0.1) is 0 Å². The summed E-state index contributed by atoms with van der Waals surface area (Å²) in [5, 5.41) is 0. The lowest BCUT2D eigenvalue weighted by Crippen LogP contribution is -2.55. The molecule has 2 N–H and O–H groups in total. The number of benzene rings is 2. The molecule has 1 aliphatic heterocycles. The van der Waals surface area contributed by atoms with Gasteiger partial charge in [-0.25, -0.2) is 0 Å². The minimum Gasteiger partial charge on any atom is -0.340 e. The second kappa shape index (κ2) is 14.4. The molecule has 1 heterocycles. The van der Waals surface area contributed by atoms with Crippen molar-refractivity contribution < 1.29 is 4.79 Å². The van der Waals surface area contributed by atoms with Crippen molar-refractivity contribution >= 4 is 5.91 Å². The monoisotopic (exact) mass is 478 g/mol. The zero-order chi connectivity index (χ0) is 24.9. The third-order valence-electron chi connectivity index (χ3n) is 7.77. The Morgan fingerprint density at radius 3 is 1.86 bits per heavy atom. The molecule has 1 saturated heterocycles. The van der Waals surface area contributed by atoms with Gasteiger partial charge in [0, 0.05) is 45.8 Å². The SMILES string of the molecule is CCN(C)CCN1CCN(C(=O)C(CN)(CCCc2ccccc2)CCCc2ccccc2)CC1. The average Bonchev–Trinajstić information content (AvgIpc) is 2.92. The van der Waals surface area contributed by atoms with Crippen molar-refractivity contribution in [2.24, 2.45) is 11.1 Å². The Morgan fingerprint density at radius 1 is 0.886 bits per heavy atom. The molecule has 0 spiro atoms. The Balaban J connectivity index is 1.61. The minimum atomic E-state index is -0.464. The first-order valence-electron chi connectivity index (χ1n) is 13.5. The lowest BCUT2D eigenvalue weighted by Gasteiger charge is -2.41. The van der Waals surface area contributed by atoms with E-state index < -0.39 is 5.41 Å². The van der Waals surface area contributed by atoms with Gasteiger partial charge in [0.2, 0.25) is 5.91 Å². The molecule has 0 bridgehead atoms. The van der Waals surface area contributed by atoms with Crippen LogP contribution in [0.1, 0.15) is 43.7 Å². The normalized spacial score (nSPS) is 15.0. The number of likely N-dealkylation sites (N-methyl/N-ethyl adjacent to an activating group) is 1. The summed E-state index contributed by atoms with van der Waals surface area (Å²) in [6, 6.07) is 21.2. The van der Waals surface area contributed by atoms with Gasteiger partial charge in [-0.3, -0.25) is 9.69 Å². The molecule has 0 aromatic heterocycles. The lowest BCUT2D eigenvalue weighted by atomic mass is 9.76. The van der Waals surface area contributed by atoms with Crippen LogP contribution < -0.4 is 5.73 Å². The van der Waals surface area contributed by atoms with E-state index in [4.69, 9.17) is 5.73 Å². The van der Waals surface area contributed by atoms with Crippen LogP contribution >= 0.6 is 0 Å². The van der Waals surface area contributed by atoms with Gasteiger partial charge in [-0.2, -0.15) is 0 Å². The predicted molar refractivity (Wildman–Crippen MR) is 146 cm³/mol. The molecule has 0 saturated carbocycles. The summed E-state index contributed by atoms with van der Waals surface area (Å²) >= 11 is 0. The first-order valence-corrected chi connectivity index (χ1v) is 13.5. The van der Waals surface area contributed by atoms with Crippen molar-refractivity contribution in [3.63, 3.8) is 0 Å². The molecule has 0 atom stereocenters. The Morgan fingerprint density at radius 2 is 1.40 bits per heavy atom. The van der Waals surface area contributed by atoms with Gasteiger partial charge in [-0.1, -0.05) is 67.6 Å². The molecular formula is C30H46N4O. The van der Waals surface area contributed by atoms with Gasteiger partial charge >= 0.3 is 0 Å². The lowest BCUT2D eigenvalue weighted by molar-refractivity contribution is -0.144. The molecule has 1 amide bonds. The van der Waals surface area contributed by atoms with Crippen LogP contribution in [-0.2, 0) is 17.6 Å². The van der Waals surface area contributed by atoms with Crippen molar-refractivity contribution in [3.8, 4) is 0 Å². The van der Waals surface area contributed by atoms with E-state index in [1.54, 1.807) is 0 Å². The zero-order valence-electron chi connectivity index (χ0n) is 22.0. The number of piperazine rings is 1. The summed E-state index contributed by atoms with van der Waals surface area (Å²) in [7, 11) is 2.17. The topological polar surface area (TPSA) is 52.8 Å². The van der Waals surface area contributed by atoms with Crippen LogP contribution in [0.2, 0.25) is 0 Å². The number of amides is 1. The third-order valence-corrected chi connectivity index (χ3v) is 7.77. The fourth-order valence-corrected chi connectivity index (χ4v) is 5.16. The second-order valence-electron chi connectivity index (χ2n) is 10.2. The number of rotatable bonds is 14. The molecule has 5 nitrogen and oxygen atoms in total. The largest absolute Gasteiger partial charge is 0.340 e. The van der Waals surface area contributed by atoms with Crippen LogP contribution in [0.15, 0.2) is 60.7 Å². The van der Waals surface area contributed by atoms with Crippen LogP contribution in [0, 0.1) is 5.41 Å². The van der Waals surface area contributed by atoms with Crippen molar-refractivity contribution in [3.05, 3.63) is 71.8 Å². The molecule has 3 rings (SSSR count). The maximum atomic E-state index is 14.0. The fraction of sp³-hybridized carbons (Fsp3) is 0.567. The van der Waals surface area contributed by atoms with Crippen molar-refractivity contribution in [2.75, 3.05) is 59.4 Å². The Labute approximate surface area is 213 Å². The highest BCUT2D eigenvalue weighted by molar-refractivity contribution is 5.83. The molecular weight excluding hydrogens is 432 g/mol. The molecule has 2 aromatic rings. The molecule has 1 fully saturated rings.